The minimum Gasteiger partial charge on any atom is -0.484 e. The lowest BCUT2D eigenvalue weighted by molar-refractivity contribution is -0.122. The number of benzene rings is 2. The van der Waals surface area contributed by atoms with Gasteiger partial charge in [0.25, 0.3) is 5.91 Å². The number of sulfonamides is 1. The number of ether oxygens (including phenoxy) is 1. The predicted molar refractivity (Wildman–Crippen MR) is 93.4 cm³/mol. The molecule has 0 unspecified atom stereocenters. The second-order valence-corrected chi connectivity index (χ2v) is 7.22. The van der Waals surface area contributed by atoms with E-state index in [2.05, 4.69) is 5.32 Å². The van der Waals surface area contributed by atoms with Gasteiger partial charge in [-0.25, -0.2) is 12.8 Å². The third kappa shape index (κ3) is 5.18. The molecule has 0 heterocycles. The van der Waals surface area contributed by atoms with Crippen LogP contribution in [0.15, 0.2) is 48.5 Å². The van der Waals surface area contributed by atoms with Gasteiger partial charge in [-0.2, -0.15) is 0 Å². The van der Waals surface area contributed by atoms with Crippen molar-refractivity contribution in [3.63, 3.8) is 0 Å². The van der Waals surface area contributed by atoms with Gasteiger partial charge in [0.15, 0.2) is 6.61 Å². The highest BCUT2D eigenvalue weighted by atomic mass is 32.2. The topological polar surface area (TPSA) is 75.7 Å². The average Bonchev–Trinajstić information content (AvgIpc) is 2.58. The molecule has 0 aromatic heterocycles. The Kier molecular flexibility index (Phi) is 5.97. The summed E-state index contributed by atoms with van der Waals surface area (Å²) in [7, 11) is -2.11. The summed E-state index contributed by atoms with van der Waals surface area (Å²) in [4.78, 5) is 11.2. The van der Waals surface area contributed by atoms with Gasteiger partial charge in [-0.15, -0.1) is 0 Å². The smallest absolute Gasteiger partial charge is 0.257 e. The van der Waals surface area contributed by atoms with Crippen LogP contribution in [-0.4, -0.2) is 34.2 Å². The van der Waals surface area contributed by atoms with E-state index in [0.29, 0.717) is 11.4 Å². The number of carbonyl (C=O) groups is 1. The molecule has 1 amide bonds. The molecule has 2 rings (SSSR count). The van der Waals surface area contributed by atoms with Gasteiger partial charge in [0, 0.05) is 12.6 Å². The van der Waals surface area contributed by atoms with E-state index in [1.54, 1.807) is 36.4 Å². The van der Waals surface area contributed by atoms with Gasteiger partial charge in [-0.1, -0.05) is 18.2 Å². The molecule has 0 fully saturated rings. The number of anilines is 1. The molecule has 0 spiro atoms. The first-order valence-electron chi connectivity index (χ1n) is 7.46. The normalized spacial score (nSPS) is 11.0. The first-order chi connectivity index (χ1) is 11.8. The Balaban J connectivity index is 2.21. The molecule has 6 nitrogen and oxygen atoms in total. The lowest BCUT2D eigenvalue weighted by Crippen LogP contribution is -2.29. The van der Waals surface area contributed by atoms with Crippen LogP contribution in [-0.2, 0) is 21.4 Å². The van der Waals surface area contributed by atoms with E-state index in [1.807, 2.05) is 0 Å². The van der Waals surface area contributed by atoms with E-state index >= 15 is 0 Å². The molecule has 8 heteroatoms. The maximum atomic E-state index is 13.8. The standard InChI is InChI=1S/C17H19FN2O4S/c1-19-17(21)12-24-15-9-7-14(8-10-15)20(25(2,22)23)11-13-5-3-4-6-16(13)18/h3-10H,11-12H2,1-2H3,(H,19,21). The Labute approximate surface area is 146 Å². The summed E-state index contributed by atoms with van der Waals surface area (Å²) in [6, 6.07) is 12.2. The molecule has 0 aliphatic heterocycles. The van der Waals surface area contributed by atoms with Crippen molar-refractivity contribution in [2.24, 2.45) is 0 Å². The average molecular weight is 366 g/mol. The third-order valence-electron chi connectivity index (χ3n) is 3.45. The number of halogens is 1. The zero-order chi connectivity index (χ0) is 18.4. The summed E-state index contributed by atoms with van der Waals surface area (Å²) in [5.41, 5.74) is 0.644. The van der Waals surface area contributed by atoms with Crippen molar-refractivity contribution in [3.8, 4) is 5.75 Å². The van der Waals surface area contributed by atoms with Crippen LogP contribution >= 0.6 is 0 Å². The van der Waals surface area contributed by atoms with E-state index in [0.717, 1.165) is 10.6 Å². The van der Waals surface area contributed by atoms with Crippen molar-refractivity contribution in [3.05, 3.63) is 59.9 Å². The van der Waals surface area contributed by atoms with Crippen LogP contribution in [0.3, 0.4) is 0 Å². The van der Waals surface area contributed by atoms with Crippen LogP contribution < -0.4 is 14.4 Å². The number of carbonyl (C=O) groups excluding carboxylic acids is 1. The van der Waals surface area contributed by atoms with Crippen LogP contribution in [0.1, 0.15) is 5.56 Å². The molecule has 2 aromatic rings. The van der Waals surface area contributed by atoms with Crippen molar-refractivity contribution in [1.82, 2.24) is 5.32 Å². The number of amides is 1. The maximum Gasteiger partial charge on any atom is 0.257 e. The number of rotatable bonds is 7. The molecule has 0 radical (unpaired) electrons. The van der Waals surface area contributed by atoms with Gasteiger partial charge < -0.3 is 10.1 Å². The summed E-state index contributed by atoms with van der Waals surface area (Å²) in [5, 5.41) is 2.43. The SMILES string of the molecule is CNC(=O)COc1ccc(N(Cc2ccccc2F)S(C)(=O)=O)cc1. The lowest BCUT2D eigenvalue weighted by Gasteiger charge is -2.23. The minimum absolute atomic E-state index is 0.121. The van der Waals surface area contributed by atoms with Crippen molar-refractivity contribution in [1.29, 1.82) is 0 Å². The Morgan fingerprint density at radius 2 is 1.80 bits per heavy atom. The van der Waals surface area contributed by atoms with Gasteiger partial charge in [0.2, 0.25) is 10.0 Å². The van der Waals surface area contributed by atoms with Crippen molar-refractivity contribution in [2.75, 3.05) is 24.2 Å². The fraction of sp³-hybridized carbons (Fsp3) is 0.235. The molecule has 0 saturated carbocycles. The Morgan fingerprint density at radius 1 is 1.16 bits per heavy atom. The molecule has 25 heavy (non-hydrogen) atoms. The first-order valence-corrected chi connectivity index (χ1v) is 9.30. The van der Waals surface area contributed by atoms with Gasteiger partial charge in [0.05, 0.1) is 18.5 Å². The number of hydrogen-bond acceptors (Lipinski definition) is 4. The van der Waals surface area contributed by atoms with Crippen molar-refractivity contribution < 1.29 is 22.3 Å². The highest BCUT2D eigenvalue weighted by molar-refractivity contribution is 7.92. The van der Waals surface area contributed by atoms with E-state index in [9.17, 15) is 17.6 Å². The summed E-state index contributed by atoms with van der Waals surface area (Å²) in [6.07, 6.45) is 1.06. The van der Waals surface area contributed by atoms with Crippen molar-refractivity contribution in [2.45, 2.75) is 6.54 Å². The Hall–Kier alpha value is -2.61. The van der Waals surface area contributed by atoms with Gasteiger partial charge in [-0.3, -0.25) is 9.10 Å². The zero-order valence-electron chi connectivity index (χ0n) is 13.9. The largest absolute Gasteiger partial charge is 0.484 e. The van der Waals surface area contributed by atoms with E-state index < -0.39 is 15.8 Å². The molecule has 134 valence electrons. The molecule has 0 atom stereocenters. The molecule has 0 aliphatic carbocycles. The molecular weight excluding hydrogens is 347 g/mol. The Morgan fingerprint density at radius 3 is 2.36 bits per heavy atom. The van der Waals surface area contributed by atoms with Gasteiger partial charge in [0.1, 0.15) is 11.6 Å². The molecule has 0 bridgehead atoms. The van der Waals surface area contributed by atoms with Gasteiger partial charge >= 0.3 is 0 Å². The third-order valence-corrected chi connectivity index (χ3v) is 4.59. The molecule has 0 saturated heterocycles. The minimum atomic E-state index is -3.61. The molecule has 2 aromatic carbocycles. The van der Waals surface area contributed by atoms with Gasteiger partial charge in [-0.05, 0) is 30.3 Å². The quantitative estimate of drug-likeness (QED) is 0.812. The van der Waals surface area contributed by atoms with Crippen LogP contribution in [0.5, 0.6) is 5.75 Å². The number of nitrogens with zero attached hydrogens (tertiary/aromatic N) is 1. The zero-order valence-corrected chi connectivity index (χ0v) is 14.7. The Bertz CT molecular complexity index is 838. The fourth-order valence-electron chi connectivity index (χ4n) is 2.11. The first kappa shape index (κ1) is 18.7. The van der Waals surface area contributed by atoms with Crippen LogP contribution in [0.25, 0.3) is 0 Å². The summed E-state index contributed by atoms with van der Waals surface area (Å²) >= 11 is 0. The van der Waals surface area contributed by atoms with Crippen LogP contribution in [0, 0.1) is 5.82 Å². The van der Waals surface area contributed by atoms with E-state index in [1.165, 1.54) is 19.2 Å². The monoisotopic (exact) mass is 366 g/mol. The lowest BCUT2D eigenvalue weighted by atomic mass is 10.2. The molecule has 1 N–H and O–H groups in total. The fourth-order valence-corrected chi connectivity index (χ4v) is 2.99. The number of nitrogens with one attached hydrogen (secondary N) is 1. The summed E-state index contributed by atoms with van der Waals surface area (Å²) < 4.78 is 44.4. The predicted octanol–water partition coefficient (Wildman–Crippen LogP) is 1.92. The maximum absolute atomic E-state index is 13.8. The highest BCUT2D eigenvalue weighted by Crippen LogP contribution is 2.24. The molecular formula is C17H19FN2O4S. The number of likely N-dealkylation sites (N-methyl/N-ethyl adjacent to an activating group) is 1. The van der Waals surface area contributed by atoms with E-state index in [-0.39, 0.29) is 24.6 Å². The second kappa shape index (κ2) is 7.98. The van der Waals surface area contributed by atoms with E-state index in [4.69, 9.17) is 4.74 Å². The van der Waals surface area contributed by atoms with Crippen LogP contribution in [0.2, 0.25) is 0 Å². The number of hydrogen-bond donors (Lipinski definition) is 1. The van der Waals surface area contributed by atoms with Crippen LogP contribution in [0.4, 0.5) is 10.1 Å². The highest BCUT2D eigenvalue weighted by Gasteiger charge is 2.19. The van der Waals surface area contributed by atoms with Crippen molar-refractivity contribution >= 4 is 21.6 Å². The summed E-state index contributed by atoms with van der Waals surface area (Å²) in [6.45, 7) is -0.259. The summed E-state index contributed by atoms with van der Waals surface area (Å²) in [5.74, 6) is -0.324. The second-order valence-electron chi connectivity index (χ2n) is 5.32. The molecule has 0 aliphatic rings.